The predicted octanol–water partition coefficient (Wildman–Crippen LogP) is 2.82. The van der Waals surface area contributed by atoms with E-state index in [1.54, 1.807) is 12.1 Å². The highest BCUT2D eigenvalue weighted by Crippen LogP contribution is 2.20. The number of sulfonamides is 1. The SMILES string of the molecule is Cc1ccc([C@@H](C)NC(=O)c2cccc(S(=O)(=O)N3CCOCC3)c2)cc1C. The number of nitrogens with one attached hydrogen (secondary N) is 1. The summed E-state index contributed by atoms with van der Waals surface area (Å²) < 4.78 is 32.2. The van der Waals surface area contributed by atoms with E-state index < -0.39 is 10.0 Å². The summed E-state index contributed by atoms with van der Waals surface area (Å²) in [4.78, 5) is 12.8. The van der Waals surface area contributed by atoms with E-state index in [4.69, 9.17) is 4.74 Å². The second-order valence-electron chi connectivity index (χ2n) is 7.08. The van der Waals surface area contributed by atoms with E-state index in [2.05, 4.69) is 11.4 Å². The van der Waals surface area contributed by atoms with Crippen LogP contribution in [0.4, 0.5) is 0 Å². The van der Waals surface area contributed by atoms with Crippen LogP contribution in [-0.2, 0) is 14.8 Å². The second kappa shape index (κ2) is 8.43. The van der Waals surface area contributed by atoms with Crippen LogP contribution < -0.4 is 5.32 Å². The third-order valence-corrected chi connectivity index (χ3v) is 6.98. The number of aryl methyl sites for hydroxylation is 2. The van der Waals surface area contributed by atoms with Gasteiger partial charge in [-0.25, -0.2) is 8.42 Å². The largest absolute Gasteiger partial charge is 0.379 e. The number of benzene rings is 2. The summed E-state index contributed by atoms with van der Waals surface area (Å²) in [5, 5.41) is 2.95. The summed E-state index contributed by atoms with van der Waals surface area (Å²) in [5.41, 5.74) is 3.69. The van der Waals surface area contributed by atoms with Crippen LogP contribution in [0.3, 0.4) is 0 Å². The van der Waals surface area contributed by atoms with Crippen LogP contribution in [0.1, 0.15) is 40.0 Å². The van der Waals surface area contributed by atoms with Crippen molar-refractivity contribution in [3.8, 4) is 0 Å². The number of ether oxygens (including phenoxy) is 1. The lowest BCUT2D eigenvalue weighted by Gasteiger charge is -2.26. The molecule has 1 saturated heterocycles. The Bertz CT molecular complexity index is 966. The van der Waals surface area contributed by atoms with Crippen molar-refractivity contribution in [3.63, 3.8) is 0 Å². The van der Waals surface area contributed by atoms with Gasteiger partial charge >= 0.3 is 0 Å². The van der Waals surface area contributed by atoms with E-state index in [1.807, 2.05) is 32.9 Å². The normalized spacial score (nSPS) is 16.5. The predicted molar refractivity (Wildman–Crippen MR) is 108 cm³/mol. The molecule has 1 fully saturated rings. The maximum atomic E-state index is 12.8. The van der Waals surface area contributed by atoms with E-state index in [1.165, 1.54) is 22.0 Å². The molecule has 1 N–H and O–H groups in total. The highest BCUT2D eigenvalue weighted by atomic mass is 32.2. The van der Waals surface area contributed by atoms with Crippen LogP contribution in [0.2, 0.25) is 0 Å². The fourth-order valence-corrected chi connectivity index (χ4v) is 4.59. The molecule has 0 aliphatic carbocycles. The number of nitrogens with zero attached hydrogens (tertiary/aromatic N) is 1. The molecule has 0 bridgehead atoms. The highest BCUT2D eigenvalue weighted by Gasteiger charge is 2.27. The molecule has 2 aromatic carbocycles. The van der Waals surface area contributed by atoms with Gasteiger partial charge in [-0.1, -0.05) is 24.3 Å². The number of rotatable bonds is 5. The van der Waals surface area contributed by atoms with Gasteiger partial charge in [0.2, 0.25) is 10.0 Å². The molecule has 1 aliphatic rings. The molecule has 0 unspecified atom stereocenters. The summed E-state index contributed by atoms with van der Waals surface area (Å²) in [6.45, 7) is 7.40. The van der Waals surface area contributed by atoms with Crippen molar-refractivity contribution >= 4 is 15.9 Å². The molecule has 150 valence electrons. The molecule has 1 heterocycles. The van der Waals surface area contributed by atoms with Gasteiger partial charge in [0.15, 0.2) is 0 Å². The zero-order valence-corrected chi connectivity index (χ0v) is 17.3. The number of amides is 1. The van der Waals surface area contributed by atoms with Crippen molar-refractivity contribution in [2.45, 2.75) is 31.7 Å². The molecule has 1 aliphatic heterocycles. The number of carbonyl (C=O) groups is 1. The molecule has 0 aromatic heterocycles. The van der Waals surface area contributed by atoms with Crippen LogP contribution >= 0.6 is 0 Å². The average molecular weight is 403 g/mol. The van der Waals surface area contributed by atoms with Crippen LogP contribution in [0.15, 0.2) is 47.4 Å². The Hall–Kier alpha value is -2.22. The number of hydrogen-bond acceptors (Lipinski definition) is 4. The molecule has 0 radical (unpaired) electrons. The molecule has 28 heavy (non-hydrogen) atoms. The summed E-state index contributed by atoms with van der Waals surface area (Å²) in [7, 11) is -3.64. The van der Waals surface area contributed by atoms with Crippen molar-refractivity contribution in [2.24, 2.45) is 0 Å². The van der Waals surface area contributed by atoms with Crippen LogP contribution in [0, 0.1) is 13.8 Å². The van der Waals surface area contributed by atoms with E-state index in [0.717, 1.165) is 11.1 Å². The average Bonchev–Trinajstić information content (AvgIpc) is 2.70. The zero-order valence-electron chi connectivity index (χ0n) is 16.4. The number of hydrogen-bond donors (Lipinski definition) is 1. The number of morpholine rings is 1. The molecule has 1 amide bonds. The Morgan fingerprint density at radius 2 is 1.79 bits per heavy atom. The fraction of sp³-hybridized carbons (Fsp3) is 0.381. The van der Waals surface area contributed by atoms with Gasteiger partial charge in [0.25, 0.3) is 5.91 Å². The van der Waals surface area contributed by atoms with Gasteiger partial charge in [-0.2, -0.15) is 4.31 Å². The first-order valence-corrected chi connectivity index (χ1v) is 10.8. The van der Waals surface area contributed by atoms with E-state index >= 15 is 0 Å². The molecular weight excluding hydrogens is 376 g/mol. The molecule has 6 nitrogen and oxygen atoms in total. The first kappa shape index (κ1) is 20.5. The topological polar surface area (TPSA) is 75.7 Å². The smallest absolute Gasteiger partial charge is 0.251 e. The van der Waals surface area contributed by atoms with Gasteiger partial charge in [-0.05, 0) is 55.7 Å². The van der Waals surface area contributed by atoms with Crippen molar-refractivity contribution in [1.29, 1.82) is 0 Å². The minimum absolute atomic E-state index is 0.126. The third-order valence-electron chi connectivity index (χ3n) is 5.08. The summed E-state index contributed by atoms with van der Waals surface area (Å²) >= 11 is 0. The van der Waals surface area contributed by atoms with Crippen LogP contribution in [0.5, 0.6) is 0 Å². The van der Waals surface area contributed by atoms with E-state index in [-0.39, 0.29) is 16.8 Å². The Kier molecular flexibility index (Phi) is 6.17. The lowest BCUT2D eigenvalue weighted by molar-refractivity contribution is 0.0730. The van der Waals surface area contributed by atoms with E-state index in [0.29, 0.717) is 31.9 Å². The first-order valence-electron chi connectivity index (χ1n) is 9.35. The minimum atomic E-state index is -3.64. The standard InChI is InChI=1S/C21H26N2O4S/c1-15-7-8-18(13-16(15)2)17(3)22-21(24)19-5-4-6-20(14-19)28(25,26)23-9-11-27-12-10-23/h4-8,13-14,17H,9-12H2,1-3H3,(H,22,24)/t17-/m1/s1. The monoisotopic (exact) mass is 402 g/mol. The van der Waals surface area contributed by atoms with Gasteiger partial charge < -0.3 is 10.1 Å². The maximum Gasteiger partial charge on any atom is 0.251 e. The van der Waals surface area contributed by atoms with Crippen molar-refractivity contribution in [3.05, 3.63) is 64.7 Å². The Morgan fingerprint density at radius 1 is 1.07 bits per heavy atom. The lowest BCUT2D eigenvalue weighted by Crippen LogP contribution is -2.40. The molecule has 3 rings (SSSR count). The lowest BCUT2D eigenvalue weighted by atomic mass is 10.0. The number of carbonyl (C=O) groups excluding carboxylic acids is 1. The first-order chi connectivity index (χ1) is 13.3. The highest BCUT2D eigenvalue weighted by molar-refractivity contribution is 7.89. The Balaban J connectivity index is 1.77. The molecule has 0 saturated carbocycles. The van der Waals surface area contributed by atoms with Crippen molar-refractivity contribution in [2.75, 3.05) is 26.3 Å². The summed E-state index contributed by atoms with van der Waals surface area (Å²) in [6, 6.07) is 12.1. The van der Waals surface area contributed by atoms with Crippen molar-refractivity contribution in [1.82, 2.24) is 9.62 Å². The summed E-state index contributed by atoms with van der Waals surface area (Å²) in [6.07, 6.45) is 0. The summed E-state index contributed by atoms with van der Waals surface area (Å²) in [5.74, 6) is -0.301. The molecular formula is C21H26N2O4S. The minimum Gasteiger partial charge on any atom is -0.379 e. The molecule has 0 spiro atoms. The van der Waals surface area contributed by atoms with E-state index in [9.17, 15) is 13.2 Å². The van der Waals surface area contributed by atoms with Gasteiger partial charge in [0.05, 0.1) is 24.2 Å². The third kappa shape index (κ3) is 4.43. The van der Waals surface area contributed by atoms with Gasteiger partial charge in [-0.15, -0.1) is 0 Å². The fourth-order valence-electron chi connectivity index (χ4n) is 3.13. The van der Waals surface area contributed by atoms with Crippen LogP contribution in [0.25, 0.3) is 0 Å². The van der Waals surface area contributed by atoms with Gasteiger partial charge in [0.1, 0.15) is 0 Å². The molecule has 7 heteroatoms. The Labute approximate surface area is 166 Å². The van der Waals surface area contributed by atoms with Crippen molar-refractivity contribution < 1.29 is 17.9 Å². The Morgan fingerprint density at radius 3 is 2.46 bits per heavy atom. The maximum absolute atomic E-state index is 12.8. The van der Waals surface area contributed by atoms with Crippen LogP contribution in [-0.4, -0.2) is 44.9 Å². The molecule has 1 atom stereocenters. The van der Waals surface area contributed by atoms with Gasteiger partial charge in [-0.3, -0.25) is 4.79 Å². The zero-order chi connectivity index (χ0) is 20.3. The van der Waals surface area contributed by atoms with Gasteiger partial charge in [0, 0.05) is 18.7 Å². The second-order valence-corrected chi connectivity index (χ2v) is 9.02. The molecule has 2 aromatic rings. The quantitative estimate of drug-likeness (QED) is 0.834.